The summed E-state index contributed by atoms with van der Waals surface area (Å²) in [6, 6.07) is 0. The normalized spacial score (nSPS) is 25.7. The zero-order valence-electron chi connectivity index (χ0n) is 14.6. The van der Waals surface area contributed by atoms with Crippen molar-refractivity contribution in [3.63, 3.8) is 0 Å². The van der Waals surface area contributed by atoms with Crippen LogP contribution in [0.25, 0.3) is 0 Å². The largest absolute Gasteiger partial charge is 0.481 e. The number of aliphatic carboxylic acids is 1. The Morgan fingerprint density at radius 1 is 1.26 bits per heavy atom. The van der Waals surface area contributed by atoms with Crippen LogP contribution >= 0.6 is 0 Å². The number of hydrogen-bond donors (Lipinski definition) is 1. The summed E-state index contributed by atoms with van der Waals surface area (Å²) in [6.07, 6.45) is 5.22. The predicted octanol–water partition coefficient (Wildman–Crippen LogP) is 2.48. The van der Waals surface area contributed by atoms with Crippen molar-refractivity contribution in [2.75, 3.05) is 13.1 Å². The number of piperidine rings is 1. The minimum absolute atomic E-state index is 0.0525. The van der Waals surface area contributed by atoms with E-state index in [0.717, 1.165) is 51.7 Å². The summed E-state index contributed by atoms with van der Waals surface area (Å²) >= 11 is 0. The molecule has 5 heteroatoms. The average molecular weight is 319 g/mol. The molecule has 1 aliphatic carbocycles. The van der Waals surface area contributed by atoms with Gasteiger partial charge in [0.05, 0.1) is 11.6 Å². The van der Waals surface area contributed by atoms with E-state index in [1.54, 1.807) is 0 Å². The molecule has 0 aromatic carbocycles. The van der Waals surface area contributed by atoms with E-state index in [0.29, 0.717) is 11.8 Å². The van der Waals surface area contributed by atoms with Crippen molar-refractivity contribution in [1.29, 1.82) is 0 Å². The van der Waals surface area contributed by atoms with E-state index in [2.05, 4.69) is 23.8 Å². The summed E-state index contributed by atoms with van der Waals surface area (Å²) in [6.45, 7) is 7.56. The molecule has 2 atom stereocenters. The molecule has 1 aromatic rings. The molecule has 1 saturated heterocycles. The standard InChI is InChI=1S/C18H29N3O2/c1-4-16-15(17(5-2)20(3)19-16)11-21-8-6-12(7-9-21)13-10-14(13)18(22)23/h12-14H,4-11H2,1-3H3,(H,22,23)/t13-,14+/m0/s1. The van der Waals surface area contributed by atoms with Gasteiger partial charge in [0, 0.05) is 24.8 Å². The molecule has 0 spiro atoms. The maximum absolute atomic E-state index is 11.0. The molecule has 23 heavy (non-hydrogen) atoms. The minimum atomic E-state index is -0.590. The van der Waals surface area contributed by atoms with E-state index >= 15 is 0 Å². The Morgan fingerprint density at radius 2 is 1.96 bits per heavy atom. The lowest BCUT2D eigenvalue weighted by molar-refractivity contribution is -0.139. The second-order valence-electron chi connectivity index (χ2n) is 7.16. The zero-order chi connectivity index (χ0) is 16.6. The summed E-state index contributed by atoms with van der Waals surface area (Å²) in [5.41, 5.74) is 4.02. The summed E-state index contributed by atoms with van der Waals surface area (Å²) in [5, 5.41) is 13.8. The van der Waals surface area contributed by atoms with E-state index in [-0.39, 0.29) is 5.92 Å². The lowest BCUT2D eigenvalue weighted by atomic mass is 9.90. The Morgan fingerprint density at radius 3 is 2.48 bits per heavy atom. The molecule has 2 fully saturated rings. The van der Waals surface area contributed by atoms with Crippen LogP contribution in [0.3, 0.4) is 0 Å². The van der Waals surface area contributed by atoms with Gasteiger partial charge in [0.15, 0.2) is 0 Å². The van der Waals surface area contributed by atoms with E-state index in [9.17, 15) is 4.79 Å². The second kappa shape index (κ2) is 6.63. The van der Waals surface area contributed by atoms with E-state index < -0.39 is 5.97 Å². The van der Waals surface area contributed by atoms with Gasteiger partial charge in [0.2, 0.25) is 0 Å². The fourth-order valence-electron chi connectivity index (χ4n) is 4.35. The van der Waals surface area contributed by atoms with Gasteiger partial charge in [-0.1, -0.05) is 13.8 Å². The van der Waals surface area contributed by atoms with Gasteiger partial charge in [-0.3, -0.25) is 14.4 Å². The summed E-state index contributed by atoms with van der Waals surface area (Å²) in [5.74, 6) is 0.430. The van der Waals surface area contributed by atoms with Gasteiger partial charge in [0.1, 0.15) is 0 Å². The van der Waals surface area contributed by atoms with E-state index in [1.807, 2.05) is 11.7 Å². The first-order valence-corrected chi connectivity index (χ1v) is 9.03. The van der Waals surface area contributed by atoms with E-state index in [1.165, 1.54) is 17.0 Å². The molecular weight excluding hydrogens is 290 g/mol. The van der Waals surface area contributed by atoms with Gasteiger partial charge in [-0.15, -0.1) is 0 Å². The first-order valence-electron chi connectivity index (χ1n) is 9.03. The quantitative estimate of drug-likeness (QED) is 0.875. The highest BCUT2D eigenvalue weighted by molar-refractivity contribution is 5.73. The first kappa shape index (κ1) is 16.5. The van der Waals surface area contributed by atoms with Gasteiger partial charge in [0.25, 0.3) is 0 Å². The molecule has 3 rings (SSSR count). The fraction of sp³-hybridized carbons (Fsp3) is 0.778. The van der Waals surface area contributed by atoms with Crippen LogP contribution in [0.15, 0.2) is 0 Å². The third-order valence-electron chi connectivity index (χ3n) is 5.80. The average Bonchev–Trinajstić information content (AvgIpc) is 3.28. The number of carboxylic acid groups (broad SMARTS) is 1. The van der Waals surface area contributed by atoms with Crippen LogP contribution in [0.2, 0.25) is 0 Å². The predicted molar refractivity (Wildman–Crippen MR) is 89.2 cm³/mol. The minimum Gasteiger partial charge on any atom is -0.481 e. The molecular formula is C18H29N3O2. The highest BCUT2D eigenvalue weighted by Gasteiger charge is 2.48. The van der Waals surface area contributed by atoms with Gasteiger partial charge in [-0.05, 0) is 57.0 Å². The number of carbonyl (C=O) groups is 1. The molecule has 1 aliphatic heterocycles. The Labute approximate surface area is 138 Å². The Balaban J connectivity index is 1.58. The molecule has 128 valence electrons. The molecule has 1 N–H and O–H groups in total. The maximum atomic E-state index is 11.0. The summed E-state index contributed by atoms with van der Waals surface area (Å²) in [4.78, 5) is 13.6. The molecule has 0 amide bonds. The Hall–Kier alpha value is -1.36. The van der Waals surface area contributed by atoms with Crippen molar-refractivity contribution in [3.8, 4) is 0 Å². The van der Waals surface area contributed by atoms with Crippen LogP contribution in [0.4, 0.5) is 0 Å². The highest BCUT2D eigenvalue weighted by atomic mass is 16.4. The third-order valence-corrected chi connectivity index (χ3v) is 5.80. The molecule has 0 bridgehead atoms. The highest BCUT2D eigenvalue weighted by Crippen LogP contribution is 2.48. The smallest absolute Gasteiger partial charge is 0.306 e. The number of aromatic nitrogens is 2. The number of carboxylic acids is 1. The van der Waals surface area contributed by atoms with Crippen LogP contribution < -0.4 is 0 Å². The Kier molecular flexibility index (Phi) is 4.76. The molecule has 0 radical (unpaired) electrons. The van der Waals surface area contributed by atoms with Crippen molar-refractivity contribution >= 4 is 5.97 Å². The fourth-order valence-corrected chi connectivity index (χ4v) is 4.35. The van der Waals surface area contributed by atoms with Crippen LogP contribution in [-0.2, 0) is 31.2 Å². The molecule has 2 aliphatic rings. The van der Waals surface area contributed by atoms with Crippen LogP contribution in [-0.4, -0.2) is 38.8 Å². The number of rotatable bonds is 6. The van der Waals surface area contributed by atoms with Crippen molar-refractivity contribution < 1.29 is 9.90 Å². The monoisotopic (exact) mass is 319 g/mol. The summed E-state index contributed by atoms with van der Waals surface area (Å²) in [7, 11) is 2.05. The topological polar surface area (TPSA) is 58.4 Å². The molecule has 0 unspecified atom stereocenters. The molecule has 2 heterocycles. The van der Waals surface area contributed by atoms with Gasteiger partial charge in [-0.25, -0.2) is 0 Å². The number of aryl methyl sites for hydroxylation is 2. The van der Waals surface area contributed by atoms with Crippen molar-refractivity contribution in [3.05, 3.63) is 17.0 Å². The lowest BCUT2D eigenvalue weighted by Crippen LogP contribution is -2.34. The van der Waals surface area contributed by atoms with Crippen LogP contribution in [0.5, 0.6) is 0 Å². The van der Waals surface area contributed by atoms with Gasteiger partial charge >= 0.3 is 5.97 Å². The third kappa shape index (κ3) is 3.30. The maximum Gasteiger partial charge on any atom is 0.306 e. The first-order chi connectivity index (χ1) is 11.0. The number of hydrogen-bond acceptors (Lipinski definition) is 3. The van der Waals surface area contributed by atoms with Gasteiger partial charge in [-0.2, -0.15) is 5.10 Å². The Bertz CT molecular complexity index is 573. The molecule has 1 aromatic heterocycles. The molecule has 1 saturated carbocycles. The lowest BCUT2D eigenvalue weighted by Gasteiger charge is -2.32. The van der Waals surface area contributed by atoms with Crippen LogP contribution in [0, 0.1) is 17.8 Å². The molecule has 5 nitrogen and oxygen atoms in total. The second-order valence-corrected chi connectivity index (χ2v) is 7.16. The summed E-state index contributed by atoms with van der Waals surface area (Å²) < 4.78 is 2.04. The van der Waals surface area contributed by atoms with Crippen LogP contribution in [0.1, 0.15) is 50.1 Å². The van der Waals surface area contributed by atoms with Gasteiger partial charge < -0.3 is 5.11 Å². The SMILES string of the molecule is CCc1nn(C)c(CC)c1CN1CCC([C@@H]2C[C@H]2C(=O)O)CC1. The van der Waals surface area contributed by atoms with Crippen molar-refractivity contribution in [1.82, 2.24) is 14.7 Å². The van der Waals surface area contributed by atoms with E-state index in [4.69, 9.17) is 5.11 Å². The zero-order valence-corrected chi connectivity index (χ0v) is 14.6. The number of likely N-dealkylation sites (tertiary alicyclic amines) is 1. The number of nitrogens with zero attached hydrogens (tertiary/aromatic N) is 3. The van der Waals surface area contributed by atoms with Crippen molar-refractivity contribution in [2.24, 2.45) is 24.8 Å². The van der Waals surface area contributed by atoms with Crippen molar-refractivity contribution in [2.45, 2.75) is 52.5 Å².